The maximum atomic E-state index is 13.1. The first-order valence-corrected chi connectivity index (χ1v) is 8.80. The zero-order valence-electron chi connectivity index (χ0n) is 15.0. The van der Waals surface area contributed by atoms with Gasteiger partial charge in [-0.05, 0) is 63.8 Å². The zero-order chi connectivity index (χ0) is 17.4. The maximum absolute atomic E-state index is 13.1. The van der Waals surface area contributed by atoms with Gasteiger partial charge >= 0.3 is 0 Å². The van der Waals surface area contributed by atoms with Gasteiger partial charge < -0.3 is 10.0 Å². The van der Waals surface area contributed by atoms with Gasteiger partial charge in [-0.1, -0.05) is 6.07 Å². The van der Waals surface area contributed by atoms with Gasteiger partial charge in [-0.25, -0.2) is 0 Å². The molecule has 1 aromatic heterocycles. The Balaban J connectivity index is 2.15. The quantitative estimate of drug-likeness (QED) is 0.914. The summed E-state index contributed by atoms with van der Waals surface area (Å²) < 4.78 is 0. The van der Waals surface area contributed by atoms with Gasteiger partial charge in [0.2, 0.25) is 0 Å². The molecule has 1 amide bonds. The van der Waals surface area contributed by atoms with Crippen LogP contribution in [-0.2, 0) is 0 Å². The Hall–Kier alpha value is -1.94. The van der Waals surface area contributed by atoms with Gasteiger partial charge in [-0.15, -0.1) is 0 Å². The minimum Gasteiger partial charge on any atom is -0.392 e. The van der Waals surface area contributed by atoms with Crippen LogP contribution in [0.25, 0.3) is 10.9 Å². The topological polar surface area (TPSA) is 53.4 Å². The van der Waals surface area contributed by atoms with Crippen LogP contribution in [0.4, 0.5) is 0 Å². The lowest BCUT2D eigenvalue weighted by Crippen LogP contribution is -2.36. The number of rotatable bonds is 5. The first-order valence-electron chi connectivity index (χ1n) is 8.80. The molecular weight excluding hydrogens is 300 g/mol. The van der Waals surface area contributed by atoms with Crippen molar-refractivity contribution in [1.82, 2.24) is 9.88 Å². The number of aryl methyl sites for hydroxylation is 2. The molecule has 0 aliphatic heterocycles. The average molecular weight is 326 g/mol. The lowest BCUT2D eigenvalue weighted by Gasteiger charge is -2.24. The van der Waals surface area contributed by atoms with Gasteiger partial charge in [0, 0.05) is 30.1 Å². The molecule has 1 aliphatic carbocycles. The Kier molecular flexibility index (Phi) is 4.59. The number of hydrogen-bond acceptors (Lipinski definition) is 3. The summed E-state index contributed by atoms with van der Waals surface area (Å²) in [6.45, 7) is 8.69. The molecule has 128 valence electrons. The van der Waals surface area contributed by atoms with Crippen LogP contribution in [0, 0.1) is 13.8 Å². The van der Waals surface area contributed by atoms with Crippen molar-refractivity contribution in [3.05, 3.63) is 40.6 Å². The van der Waals surface area contributed by atoms with E-state index in [1.54, 1.807) is 11.8 Å². The molecule has 2 aromatic rings. The first-order chi connectivity index (χ1) is 11.4. The zero-order valence-corrected chi connectivity index (χ0v) is 15.0. The number of amides is 1. The molecule has 0 unspecified atom stereocenters. The Labute approximate surface area is 143 Å². The lowest BCUT2D eigenvalue weighted by atomic mass is 9.98. The predicted octanol–water partition coefficient (Wildman–Crippen LogP) is 3.57. The third-order valence-electron chi connectivity index (χ3n) is 4.65. The predicted molar refractivity (Wildman–Crippen MR) is 96.5 cm³/mol. The summed E-state index contributed by atoms with van der Waals surface area (Å²) in [7, 11) is 0. The van der Waals surface area contributed by atoms with E-state index in [4.69, 9.17) is 4.98 Å². The van der Waals surface area contributed by atoms with Crippen molar-refractivity contribution in [2.24, 2.45) is 0 Å². The van der Waals surface area contributed by atoms with Crippen molar-refractivity contribution in [1.29, 1.82) is 0 Å². The van der Waals surface area contributed by atoms with E-state index in [2.05, 4.69) is 19.1 Å². The Morgan fingerprint density at radius 2 is 2.04 bits per heavy atom. The highest BCUT2D eigenvalue weighted by Gasteiger charge is 2.28. The molecular formula is C20H26N2O2. The van der Waals surface area contributed by atoms with Crippen LogP contribution < -0.4 is 0 Å². The van der Waals surface area contributed by atoms with Crippen LogP contribution in [0.5, 0.6) is 0 Å². The normalized spacial score (nSPS) is 15.5. The number of carbonyl (C=O) groups is 1. The summed E-state index contributed by atoms with van der Waals surface area (Å²) in [5, 5.41) is 10.6. The van der Waals surface area contributed by atoms with E-state index in [0.717, 1.165) is 46.1 Å². The molecule has 3 rings (SSSR count). The van der Waals surface area contributed by atoms with Crippen molar-refractivity contribution in [2.75, 3.05) is 13.1 Å². The number of fused-ring (bicyclic) bond motifs is 1. The number of hydrogen-bond donors (Lipinski definition) is 1. The largest absolute Gasteiger partial charge is 0.392 e. The highest BCUT2D eigenvalue weighted by molar-refractivity contribution is 6.07. The van der Waals surface area contributed by atoms with Crippen molar-refractivity contribution in [3.8, 4) is 0 Å². The fourth-order valence-electron chi connectivity index (χ4n) is 3.38. The number of pyridine rings is 1. The lowest BCUT2D eigenvalue weighted by molar-refractivity contribution is 0.0662. The molecule has 0 saturated heterocycles. The van der Waals surface area contributed by atoms with Crippen LogP contribution in [0.15, 0.2) is 18.2 Å². The Morgan fingerprint density at radius 3 is 2.62 bits per heavy atom. The summed E-state index contributed by atoms with van der Waals surface area (Å²) in [6, 6.07) is 6.15. The minimum absolute atomic E-state index is 0.0142. The number of carbonyl (C=O) groups excluding carboxylic acids is 1. The molecule has 1 heterocycles. The van der Waals surface area contributed by atoms with E-state index in [9.17, 15) is 9.90 Å². The molecule has 1 N–H and O–H groups in total. The van der Waals surface area contributed by atoms with Crippen molar-refractivity contribution in [2.45, 2.75) is 52.6 Å². The SMILES string of the molecule is CCN(C[C@@H](C)O)C(=O)c1cc(C2CC2)nc2cc(C)cc(C)c12. The fourth-order valence-corrected chi connectivity index (χ4v) is 3.38. The number of benzene rings is 1. The smallest absolute Gasteiger partial charge is 0.254 e. The molecule has 1 aliphatic rings. The molecule has 4 heteroatoms. The summed E-state index contributed by atoms with van der Waals surface area (Å²) >= 11 is 0. The second kappa shape index (κ2) is 6.52. The Bertz CT molecular complexity index is 779. The average Bonchev–Trinajstić information content (AvgIpc) is 3.35. The molecule has 1 atom stereocenters. The van der Waals surface area contributed by atoms with Crippen molar-refractivity contribution < 1.29 is 9.90 Å². The monoisotopic (exact) mass is 326 g/mol. The standard InChI is InChI=1S/C20H26N2O2/c1-5-22(11-14(4)23)20(24)16-10-17(15-6-7-15)21-18-9-12(2)8-13(3)19(16)18/h8-10,14-15,23H,5-7,11H2,1-4H3/t14-/m1/s1. The van der Waals surface area contributed by atoms with E-state index >= 15 is 0 Å². The van der Waals surface area contributed by atoms with Gasteiger partial charge in [-0.3, -0.25) is 9.78 Å². The number of aromatic nitrogens is 1. The van der Waals surface area contributed by atoms with Gasteiger partial charge in [0.1, 0.15) is 0 Å². The van der Waals surface area contributed by atoms with E-state index in [0.29, 0.717) is 19.0 Å². The van der Waals surface area contributed by atoms with Crippen LogP contribution in [-0.4, -0.2) is 40.1 Å². The molecule has 1 saturated carbocycles. The Morgan fingerprint density at radius 1 is 1.33 bits per heavy atom. The highest BCUT2D eigenvalue weighted by atomic mass is 16.3. The van der Waals surface area contributed by atoms with Crippen LogP contribution in [0.2, 0.25) is 0 Å². The van der Waals surface area contributed by atoms with E-state index in [-0.39, 0.29) is 5.91 Å². The minimum atomic E-state index is -0.534. The fraction of sp³-hybridized carbons (Fsp3) is 0.500. The van der Waals surface area contributed by atoms with Gasteiger partial charge in [0.25, 0.3) is 5.91 Å². The molecule has 0 bridgehead atoms. The maximum Gasteiger partial charge on any atom is 0.254 e. The second-order valence-electron chi connectivity index (χ2n) is 7.04. The van der Waals surface area contributed by atoms with Crippen LogP contribution in [0.3, 0.4) is 0 Å². The van der Waals surface area contributed by atoms with Gasteiger partial charge in [0.15, 0.2) is 0 Å². The van der Waals surface area contributed by atoms with Crippen LogP contribution >= 0.6 is 0 Å². The molecule has 4 nitrogen and oxygen atoms in total. The number of aliphatic hydroxyl groups is 1. The van der Waals surface area contributed by atoms with Crippen molar-refractivity contribution >= 4 is 16.8 Å². The molecule has 24 heavy (non-hydrogen) atoms. The molecule has 1 fully saturated rings. The third-order valence-corrected chi connectivity index (χ3v) is 4.65. The van der Waals surface area contributed by atoms with Gasteiger partial charge in [0.05, 0.1) is 17.2 Å². The molecule has 1 aromatic carbocycles. The first kappa shape index (κ1) is 16.9. The van der Waals surface area contributed by atoms with E-state index in [1.807, 2.05) is 19.9 Å². The van der Waals surface area contributed by atoms with Crippen molar-refractivity contribution in [3.63, 3.8) is 0 Å². The van der Waals surface area contributed by atoms with Crippen LogP contribution in [0.1, 0.15) is 59.8 Å². The second-order valence-corrected chi connectivity index (χ2v) is 7.04. The van der Waals surface area contributed by atoms with E-state index in [1.165, 1.54) is 0 Å². The summed E-state index contributed by atoms with van der Waals surface area (Å²) in [4.78, 5) is 19.7. The third kappa shape index (κ3) is 3.29. The summed E-state index contributed by atoms with van der Waals surface area (Å²) in [5.41, 5.74) is 4.91. The summed E-state index contributed by atoms with van der Waals surface area (Å²) in [6.07, 6.45) is 1.78. The molecule has 0 radical (unpaired) electrons. The van der Waals surface area contributed by atoms with Gasteiger partial charge in [-0.2, -0.15) is 0 Å². The number of aliphatic hydroxyl groups excluding tert-OH is 1. The molecule has 0 spiro atoms. The number of nitrogens with zero attached hydrogens (tertiary/aromatic N) is 2. The van der Waals surface area contributed by atoms with E-state index < -0.39 is 6.10 Å². The number of likely N-dealkylation sites (N-methyl/N-ethyl adjacent to an activating group) is 1. The summed E-state index contributed by atoms with van der Waals surface area (Å²) in [5.74, 6) is 0.480. The highest BCUT2D eigenvalue weighted by Crippen LogP contribution is 2.40.